The maximum Gasteiger partial charge on any atom is 0.274 e. The first-order valence-electron chi connectivity index (χ1n) is 9.11. The average molecular weight is 369 g/mol. The molecule has 3 aromatic heterocycles. The van der Waals surface area contributed by atoms with E-state index in [-0.39, 0.29) is 5.91 Å². The van der Waals surface area contributed by atoms with Crippen LogP contribution in [0.5, 0.6) is 0 Å². The highest BCUT2D eigenvalue weighted by atomic mass is 32.1. The van der Waals surface area contributed by atoms with Crippen LogP contribution in [-0.4, -0.2) is 49.7 Å². The second kappa shape index (κ2) is 7.55. The van der Waals surface area contributed by atoms with Crippen molar-refractivity contribution in [3.63, 3.8) is 0 Å². The van der Waals surface area contributed by atoms with Gasteiger partial charge in [-0.05, 0) is 37.1 Å². The molecule has 26 heavy (non-hydrogen) atoms. The maximum absolute atomic E-state index is 13.0. The second-order valence-corrected chi connectivity index (χ2v) is 7.49. The SMILES string of the molecule is CCN(Cc1ccncc1)Cc1c(C(=O)N2CCCC2)nc2sccn12. The minimum atomic E-state index is 0.0772. The molecule has 0 N–H and O–H groups in total. The molecule has 136 valence electrons. The minimum absolute atomic E-state index is 0.0772. The third-order valence-electron chi connectivity index (χ3n) is 4.93. The van der Waals surface area contributed by atoms with Crippen LogP contribution in [0.4, 0.5) is 0 Å². The van der Waals surface area contributed by atoms with Gasteiger partial charge in [0, 0.05) is 50.1 Å². The highest BCUT2D eigenvalue weighted by Gasteiger charge is 2.27. The summed E-state index contributed by atoms with van der Waals surface area (Å²) in [5.41, 5.74) is 2.83. The number of hydrogen-bond acceptors (Lipinski definition) is 5. The summed E-state index contributed by atoms with van der Waals surface area (Å²) in [7, 11) is 0. The summed E-state index contributed by atoms with van der Waals surface area (Å²) in [6.45, 7) is 6.27. The predicted octanol–water partition coefficient (Wildman–Crippen LogP) is 3.05. The summed E-state index contributed by atoms with van der Waals surface area (Å²) < 4.78 is 2.07. The molecule has 4 rings (SSSR count). The van der Waals surface area contributed by atoms with E-state index in [0.717, 1.165) is 49.7 Å². The molecule has 1 fully saturated rings. The number of carbonyl (C=O) groups is 1. The summed E-state index contributed by atoms with van der Waals surface area (Å²) in [4.78, 5) is 26.9. The van der Waals surface area contributed by atoms with Crippen molar-refractivity contribution < 1.29 is 4.79 Å². The van der Waals surface area contributed by atoms with Gasteiger partial charge in [0.05, 0.1) is 5.69 Å². The van der Waals surface area contributed by atoms with E-state index < -0.39 is 0 Å². The first-order valence-corrected chi connectivity index (χ1v) is 9.99. The van der Waals surface area contributed by atoms with Crippen LogP contribution in [0.2, 0.25) is 0 Å². The third kappa shape index (κ3) is 3.37. The normalized spacial score (nSPS) is 14.6. The first kappa shape index (κ1) is 17.2. The highest BCUT2D eigenvalue weighted by Crippen LogP contribution is 2.22. The summed E-state index contributed by atoms with van der Waals surface area (Å²) >= 11 is 1.58. The second-order valence-electron chi connectivity index (χ2n) is 6.62. The Morgan fingerprint density at radius 1 is 1.23 bits per heavy atom. The molecule has 7 heteroatoms. The van der Waals surface area contributed by atoms with Crippen molar-refractivity contribution in [2.24, 2.45) is 0 Å². The molecular formula is C19H23N5OS. The van der Waals surface area contributed by atoms with Gasteiger partial charge in [-0.1, -0.05) is 6.92 Å². The Labute approximate surface area is 157 Å². The number of likely N-dealkylation sites (tertiary alicyclic amines) is 1. The largest absolute Gasteiger partial charge is 0.337 e. The van der Waals surface area contributed by atoms with E-state index in [9.17, 15) is 4.79 Å². The van der Waals surface area contributed by atoms with E-state index >= 15 is 0 Å². The molecule has 6 nitrogen and oxygen atoms in total. The monoisotopic (exact) mass is 369 g/mol. The number of pyridine rings is 1. The zero-order valence-electron chi connectivity index (χ0n) is 15.0. The van der Waals surface area contributed by atoms with E-state index in [2.05, 4.69) is 26.2 Å². The Bertz CT molecular complexity index is 882. The van der Waals surface area contributed by atoms with E-state index in [1.165, 1.54) is 5.56 Å². The lowest BCUT2D eigenvalue weighted by Gasteiger charge is -2.21. The molecule has 1 amide bonds. The van der Waals surface area contributed by atoms with Gasteiger partial charge in [0.2, 0.25) is 0 Å². The number of aromatic nitrogens is 3. The lowest BCUT2D eigenvalue weighted by Crippen LogP contribution is -2.30. The van der Waals surface area contributed by atoms with Crippen LogP contribution in [0.15, 0.2) is 36.1 Å². The van der Waals surface area contributed by atoms with Gasteiger partial charge in [-0.25, -0.2) is 4.98 Å². The number of imidazole rings is 1. The number of amides is 1. The van der Waals surface area contributed by atoms with Gasteiger partial charge in [0.1, 0.15) is 0 Å². The zero-order chi connectivity index (χ0) is 17.9. The Hall–Kier alpha value is -2.25. The number of fused-ring (bicyclic) bond motifs is 1. The molecule has 0 atom stereocenters. The smallest absolute Gasteiger partial charge is 0.274 e. The average Bonchev–Trinajstić information content (AvgIpc) is 3.40. The van der Waals surface area contributed by atoms with Crippen LogP contribution in [0.25, 0.3) is 4.96 Å². The molecule has 0 saturated carbocycles. The maximum atomic E-state index is 13.0. The van der Waals surface area contributed by atoms with Crippen molar-refractivity contribution in [2.75, 3.05) is 19.6 Å². The molecule has 0 radical (unpaired) electrons. The number of carbonyl (C=O) groups excluding carboxylic acids is 1. The molecular weight excluding hydrogens is 346 g/mol. The summed E-state index contributed by atoms with van der Waals surface area (Å²) in [6.07, 6.45) is 7.84. The summed E-state index contributed by atoms with van der Waals surface area (Å²) in [5.74, 6) is 0.0772. The van der Waals surface area contributed by atoms with E-state index in [4.69, 9.17) is 0 Å². The fourth-order valence-corrected chi connectivity index (χ4v) is 4.20. The molecule has 0 aliphatic carbocycles. The van der Waals surface area contributed by atoms with Crippen LogP contribution in [0, 0.1) is 0 Å². The van der Waals surface area contributed by atoms with Gasteiger partial charge in [-0.2, -0.15) is 0 Å². The van der Waals surface area contributed by atoms with E-state index in [0.29, 0.717) is 12.2 Å². The van der Waals surface area contributed by atoms with Gasteiger partial charge in [0.15, 0.2) is 10.7 Å². The Morgan fingerprint density at radius 3 is 2.73 bits per heavy atom. The van der Waals surface area contributed by atoms with Crippen molar-refractivity contribution in [1.29, 1.82) is 0 Å². The van der Waals surface area contributed by atoms with Crippen molar-refractivity contribution in [1.82, 2.24) is 24.2 Å². The number of rotatable bonds is 6. The van der Waals surface area contributed by atoms with Crippen LogP contribution in [0.1, 0.15) is 41.5 Å². The molecule has 1 aliphatic rings. The van der Waals surface area contributed by atoms with E-state index in [1.54, 1.807) is 11.3 Å². The molecule has 0 spiro atoms. The summed E-state index contributed by atoms with van der Waals surface area (Å²) in [6, 6.07) is 4.07. The quantitative estimate of drug-likeness (QED) is 0.670. The van der Waals surface area contributed by atoms with Crippen LogP contribution in [0.3, 0.4) is 0 Å². The fourth-order valence-electron chi connectivity index (χ4n) is 3.46. The molecule has 3 aromatic rings. The summed E-state index contributed by atoms with van der Waals surface area (Å²) in [5, 5.41) is 2.02. The molecule has 0 bridgehead atoms. The van der Waals surface area contributed by atoms with Gasteiger partial charge in [0.25, 0.3) is 5.91 Å². The van der Waals surface area contributed by atoms with Gasteiger partial charge in [-0.15, -0.1) is 11.3 Å². The van der Waals surface area contributed by atoms with Crippen molar-refractivity contribution in [3.8, 4) is 0 Å². The standard InChI is InChI=1S/C19H23N5OS/c1-2-22(13-15-5-7-20-8-6-15)14-16-17(18(25)23-9-3-4-10-23)21-19-24(16)11-12-26-19/h5-8,11-12H,2-4,9-10,13-14H2,1H3. The number of thiazole rings is 1. The highest BCUT2D eigenvalue weighted by molar-refractivity contribution is 7.15. The van der Waals surface area contributed by atoms with Gasteiger partial charge < -0.3 is 4.90 Å². The lowest BCUT2D eigenvalue weighted by atomic mass is 10.2. The van der Waals surface area contributed by atoms with Crippen LogP contribution in [-0.2, 0) is 13.1 Å². The molecule has 4 heterocycles. The molecule has 1 aliphatic heterocycles. The van der Waals surface area contributed by atoms with Crippen molar-refractivity contribution >= 4 is 22.2 Å². The molecule has 0 aromatic carbocycles. The van der Waals surface area contributed by atoms with E-state index in [1.807, 2.05) is 41.0 Å². The fraction of sp³-hybridized carbons (Fsp3) is 0.421. The third-order valence-corrected chi connectivity index (χ3v) is 5.69. The Morgan fingerprint density at radius 2 is 2.00 bits per heavy atom. The lowest BCUT2D eigenvalue weighted by molar-refractivity contribution is 0.0785. The number of hydrogen-bond donors (Lipinski definition) is 0. The van der Waals surface area contributed by atoms with Crippen LogP contribution >= 0.6 is 11.3 Å². The van der Waals surface area contributed by atoms with Gasteiger partial charge >= 0.3 is 0 Å². The molecule has 1 saturated heterocycles. The van der Waals surface area contributed by atoms with Crippen LogP contribution < -0.4 is 0 Å². The topological polar surface area (TPSA) is 53.7 Å². The number of nitrogens with zero attached hydrogens (tertiary/aromatic N) is 5. The zero-order valence-corrected chi connectivity index (χ0v) is 15.8. The predicted molar refractivity (Wildman–Crippen MR) is 102 cm³/mol. The van der Waals surface area contributed by atoms with Crippen molar-refractivity contribution in [2.45, 2.75) is 32.9 Å². The Kier molecular flexibility index (Phi) is 4.99. The van der Waals surface area contributed by atoms with Gasteiger partial charge in [-0.3, -0.25) is 19.1 Å². The Balaban J connectivity index is 1.62. The molecule has 0 unspecified atom stereocenters. The van der Waals surface area contributed by atoms with Crippen molar-refractivity contribution in [3.05, 3.63) is 53.1 Å². The minimum Gasteiger partial charge on any atom is -0.337 e. The first-order chi connectivity index (χ1) is 12.8.